The van der Waals surface area contributed by atoms with Gasteiger partial charge in [-0.1, -0.05) is 166 Å². The van der Waals surface area contributed by atoms with Crippen LogP contribution in [0.5, 0.6) is 0 Å². The van der Waals surface area contributed by atoms with Crippen LogP contribution in [-0.2, 0) is 0 Å². The number of fused-ring (bicyclic) bond motifs is 9. The van der Waals surface area contributed by atoms with E-state index >= 15 is 0 Å². The average Bonchev–Trinajstić information content (AvgIpc) is 3.96. The third kappa shape index (κ3) is 5.43. The molecule has 0 spiro atoms. The molecule has 0 aliphatic rings. The minimum atomic E-state index is 1.10. The van der Waals surface area contributed by atoms with Crippen LogP contribution in [0.1, 0.15) is 13.8 Å². The first kappa shape index (κ1) is 34.6. The zero-order chi connectivity index (χ0) is 39.5. The molecule has 0 bridgehead atoms. The second-order valence-corrected chi connectivity index (χ2v) is 14.9. The summed E-state index contributed by atoms with van der Waals surface area (Å²) in [6, 6.07) is 77.3. The molecule has 12 aromatic rings. The van der Waals surface area contributed by atoms with Crippen molar-refractivity contribution in [2.75, 3.05) is 4.90 Å². The molecule has 9 aromatic carbocycles. The van der Waals surface area contributed by atoms with Gasteiger partial charge in [0, 0.05) is 49.4 Å². The van der Waals surface area contributed by atoms with Gasteiger partial charge in [-0.2, -0.15) is 0 Å². The molecule has 0 radical (unpaired) electrons. The largest absolute Gasteiger partial charge is 0.309 e. The van der Waals surface area contributed by atoms with Gasteiger partial charge in [0.1, 0.15) is 0 Å². The van der Waals surface area contributed by atoms with Crippen LogP contribution in [0, 0.1) is 0 Å². The van der Waals surface area contributed by atoms with Gasteiger partial charge >= 0.3 is 0 Å². The van der Waals surface area contributed by atoms with E-state index in [1.807, 2.05) is 13.8 Å². The zero-order valence-corrected chi connectivity index (χ0v) is 33.0. The Hall–Kier alpha value is -7.62. The minimum Gasteiger partial charge on any atom is -0.309 e. The van der Waals surface area contributed by atoms with Gasteiger partial charge in [-0.3, -0.25) is 0 Å². The molecule has 0 N–H and O–H groups in total. The van der Waals surface area contributed by atoms with Gasteiger partial charge in [0.15, 0.2) is 0 Å². The van der Waals surface area contributed by atoms with Gasteiger partial charge in [-0.15, -0.1) is 0 Å². The predicted octanol–water partition coefficient (Wildman–Crippen LogP) is 15.8. The molecule has 0 amide bonds. The van der Waals surface area contributed by atoms with Crippen molar-refractivity contribution in [3.63, 3.8) is 0 Å². The standard InChI is InChI=1S/C54H35N3.C2H6/c1-3-13-36(14-4-1)37-25-30-41(31-26-37)55(51-24-12-21-48-47-20-11-19-46-44-18-8-10-23-50(44)57(53(46)47)54(48)51)42-32-27-38(28-33-42)39-29-34-45-43-17-7-9-22-49(43)56(52(45)35-39)40-15-5-2-6-16-40;1-2/h1-35H;1-2H3. The summed E-state index contributed by atoms with van der Waals surface area (Å²) in [4.78, 5) is 2.43. The summed E-state index contributed by atoms with van der Waals surface area (Å²) in [5.41, 5.74) is 15.4. The Kier molecular flexibility index (Phi) is 8.27. The zero-order valence-electron chi connectivity index (χ0n) is 33.0. The molecule has 59 heavy (non-hydrogen) atoms. The van der Waals surface area contributed by atoms with Crippen molar-refractivity contribution in [1.82, 2.24) is 8.97 Å². The summed E-state index contributed by atoms with van der Waals surface area (Å²) < 4.78 is 4.88. The number of aromatic nitrogens is 2. The van der Waals surface area contributed by atoms with Crippen LogP contribution in [0.15, 0.2) is 212 Å². The van der Waals surface area contributed by atoms with E-state index in [-0.39, 0.29) is 0 Å². The summed E-state index contributed by atoms with van der Waals surface area (Å²) in [7, 11) is 0. The van der Waals surface area contributed by atoms with Gasteiger partial charge in [-0.25, -0.2) is 0 Å². The molecule has 0 atom stereocenters. The number of para-hydroxylation sites is 5. The van der Waals surface area contributed by atoms with Crippen molar-refractivity contribution in [2.24, 2.45) is 0 Å². The van der Waals surface area contributed by atoms with E-state index in [1.165, 1.54) is 82.2 Å². The molecule has 3 aromatic heterocycles. The number of hydrogen-bond acceptors (Lipinski definition) is 1. The highest BCUT2D eigenvalue weighted by Gasteiger charge is 2.23. The fraction of sp³-hybridized carbons (Fsp3) is 0.0357. The molecule has 0 saturated heterocycles. The van der Waals surface area contributed by atoms with E-state index in [0.29, 0.717) is 0 Å². The fourth-order valence-corrected chi connectivity index (χ4v) is 9.30. The Labute approximate surface area is 343 Å². The van der Waals surface area contributed by atoms with Gasteiger partial charge in [0.2, 0.25) is 0 Å². The lowest BCUT2D eigenvalue weighted by Crippen LogP contribution is -2.11. The van der Waals surface area contributed by atoms with E-state index in [1.54, 1.807) is 0 Å². The number of rotatable bonds is 6. The van der Waals surface area contributed by atoms with Crippen LogP contribution >= 0.6 is 0 Å². The van der Waals surface area contributed by atoms with Crippen LogP contribution in [0.25, 0.3) is 87.8 Å². The van der Waals surface area contributed by atoms with Gasteiger partial charge in [-0.05, 0) is 82.9 Å². The lowest BCUT2D eigenvalue weighted by molar-refractivity contribution is 1.18. The normalized spacial score (nSPS) is 11.6. The topological polar surface area (TPSA) is 12.6 Å². The number of benzene rings is 9. The third-order valence-corrected chi connectivity index (χ3v) is 11.8. The first-order chi connectivity index (χ1) is 29.3. The Morgan fingerprint density at radius 2 is 0.780 bits per heavy atom. The lowest BCUT2D eigenvalue weighted by Gasteiger charge is -2.27. The van der Waals surface area contributed by atoms with Gasteiger partial charge in [0.05, 0.1) is 33.3 Å². The molecular weight excluding hydrogens is 715 g/mol. The molecular formula is C56H41N3. The van der Waals surface area contributed by atoms with E-state index in [2.05, 4.69) is 226 Å². The van der Waals surface area contributed by atoms with Crippen LogP contribution in [-0.4, -0.2) is 8.97 Å². The number of hydrogen-bond donors (Lipinski definition) is 0. The van der Waals surface area contributed by atoms with E-state index < -0.39 is 0 Å². The van der Waals surface area contributed by atoms with Crippen molar-refractivity contribution in [3.8, 4) is 27.9 Å². The number of anilines is 3. The van der Waals surface area contributed by atoms with Crippen LogP contribution in [0.2, 0.25) is 0 Å². The van der Waals surface area contributed by atoms with Crippen LogP contribution < -0.4 is 4.90 Å². The summed E-state index contributed by atoms with van der Waals surface area (Å²) in [5.74, 6) is 0. The highest BCUT2D eigenvalue weighted by molar-refractivity contribution is 6.25. The molecule has 0 aliphatic heterocycles. The molecule has 3 heterocycles. The average molecular weight is 756 g/mol. The van der Waals surface area contributed by atoms with E-state index in [9.17, 15) is 0 Å². The Morgan fingerprint density at radius 3 is 1.46 bits per heavy atom. The van der Waals surface area contributed by atoms with Gasteiger partial charge < -0.3 is 13.9 Å². The van der Waals surface area contributed by atoms with Crippen molar-refractivity contribution in [1.29, 1.82) is 0 Å². The summed E-state index contributed by atoms with van der Waals surface area (Å²) in [6.45, 7) is 4.00. The molecule has 12 rings (SSSR count). The highest BCUT2D eigenvalue weighted by Crippen LogP contribution is 2.46. The van der Waals surface area contributed by atoms with Crippen LogP contribution in [0.4, 0.5) is 17.1 Å². The molecule has 0 unspecified atom stereocenters. The van der Waals surface area contributed by atoms with Crippen molar-refractivity contribution in [2.45, 2.75) is 13.8 Å². The van der Waals surface area contributed by atoms with E-state index in [0.717, 1.165) is 22.7 Å². The number of nitrogens with zero attached hydrogens (tertiary/aromatic N) is 3. The summed E-state index contributed by atoms with van der Waals surface area (Å²) >= 11 is 0. The maximum absolute atomic E-state index is 2.49. The molecule has 0 saturated carbocycles. The Bertz CT molecular complexity index is 3430. The van der Waals surface area contributed by atoms with Crippen molar-refractivity contribution in [3.05, 3.63) is 212 Å². The molecule has 0 aliphatic carbocycles. The maximum atomic E-state index is 2.49. The SMILES string of the molecule is CC.c1ccc(-c2ccc(N(c3ccc(-c4ccc5c6ccccc6n(-c6ccccc6)c5c4)cc3)c3cccc4c5cccc6c7ccccc7n(c34)c65)cc2)cc1. The molecule has 3 nitrogen and oxygen atoms in total. The quantitative estimate of drug-likeness (QED) is 0.165. The van der Waals surface area contributed by atoms with Gasteiger partial charge in [0.25, 0.3) is 0 Å². The molecule has 3 heteroatoms. The van der Waals surface area contributed by atoms with Crippen molar-refractivity contribution < 1.29 is 0 Å². The maximum Gasteiger partial charge on any atom is 0.0782 e. The highest BCUT2D eigenvalue weighted by atomic mass is 15.2. The van der Waals surface area contributed by atoms with E-state index in [4.69, 9.17) is 0 Å². The molecule has 280 valence electrons. The lowest BCUT2D eigenvalue weighted by atomic mass is 10.0. The smallest absolute Gasteiger partial charge is 0.0782 e. The second-order valence-electron chi connectivity index (χ2n) is 14.9. The fourth-order valence-electron chi connectivity index (χ4n) is 9.30. The first-order valence-corrected chi connectivity index (χ1v) is 20.6. The monoisotopic (exact) mass is 755 g/mol. The predicted molar refractivity (Wildman–Crippen MR) is 252 cm³/mol. The molecule has 0 fully saturated rings. The Balaban J connectivity index is 0.00000196. The Morgan fingerprint density at radius 1 is 0.322 bits per heavy atom. The van der Waals surface area contributed by atoms with Crippen LogP contribution in [0.3, 0.4) is 0 Å². The summed E-state index contributed by atoms with van der Waals surface area (Å²) in [5, 5.41) is 7.61. The summed E-state index contributed by atoms with van der Waals surface area (Å²) in [6.07, 6.45) is 0. The first-order valence-electron chi connectivity index (χ1n) is 20.6. The second kappa shape index (κ2) is 14.1. The minimum absolute atomic E-state index is 1.10. The third-order valence-electron chi connectivity index (χ3n) is 11.8. The van der Waals surface area contributed by atoms with Crippen molar-refractivity contribution >= 4 is 77.0 Å².